The molecule has 2 aromatic rings. The summed E-state index contributed by atoms with van der Waals surface area (Å²) in [6.07, 6.45) is -2.80. The fourth-order valence-electron chi connectivity index (χ4n) is 1.69. The third-order valence-electron chi connectivity index (χ3n) is 2.70. The molecule has 0 fully saturated rings. The summed E-state index contributed by atoms with van der Waals surface area (Å²) in [6, 6.07) is 12.0. The highest BCUT2D eigenvalue weighted by Crippen LogP contribution is 2.23. The van der Waals surface area contributed by atoms with Crippen LogP contribution in [-0.2, 0) is 0 Å². The Hall–Kier alpha value is -2.15. The molecule has 0 saturated carbocycles. The van der Waals surface area contributed by atoms with Gasteiger partial charge in [0.05, 0.1) is 0 Å². The molecule has 116 valence electrons. The van der Waals surface area contributed by atoms with Crippen molar-refractivity contribution in [1.29, 1.82) is 0 Å². The van der Waals surface area contributed by atoms with Crippen molar-refractivity contribution in [2.24, 2.45) is 0 Å². The minimum Gasteiger partial charge on any atom is -0.406 e. The summed E-state index contributed by atoms with van der Waals surface area (Å²) in [5.41, 5.74) is 0.849. The number of thioether (sulfide) groups is 1. The number of amides is 1. The van der Waals surface area contributed by atoms with Crippen molar-refractivity contribution in [3.05, 3.63) is 54.1 Å². The highest BCUT2D eigenvalue weighted by atomic mass is 32.2. The molecule has 0 aliphatic carbocycles. The van der Waals surface area contributed by atoms with Gasteiger partial charge in [0.15, 0.2) is 0 Å². The van der Waals surface area contributed by atoms with Crippen LogP contribution in [0.1, 0.15) is 10.4 Å². The van der Waals surface area contributed by atoms with E-state index in [1.807, 2.05) is 18.4 Å². The number of nitrogens with one attached hydrogen (secondary N) is 1. The van der Waals surface area contributed by atoms with Gasteiger partial charge in [0, 0.05) is 16.1 Å². The molecule has 0 saturated heterocycles. The van der Waals surface area contributed by atoms with E-state index in [0.717, 1.165) is 17.0 Å². The van der Waals surface area contributed by atoms with Crippen molar-refractivity contribution in [2.45, 2.75) is 11.3 Å². The minimum absolute atomic E-state index is 0.239. The Morgan fingerprint density at radius 1 is 1.05 bits per heavy atom. The van der Waals surface area contributed by atoms with Crippen molar-refractivity contribution in [1.82, 2.24) is 0 Å². The van der Waals surface area contributed by atoms with Crippen molar-refractivity contribution in [3.63, 3.8) is 0 Å². The van der Waals surface area contributed by atoms with Gasteiger partial charge >= 0.3 is 6.36 Å². The molecule has 0 spiro atoms. The third kappa shape index (κ3) is 4.70. The molecular weight excluding hydrogens is 315 g/mol. The van der Waals surface area contributed by atoms with E-state index in [-0.39, 0.29) is 11.3 Å². The van der Waals surface area contributed by atoms with E-state index in [1.54, 1.807) is 23.9 Å². The van der Waals surface area contributed by atoms with Crippen LogP contribution in [0.2, 0.25) is 0 Å². The van der Waals surface area contributed by atoms with Gasteiger partial charge < -0.3 is 10.1 Å². The maximum atomic E-state index is 12.0. The SMILES string of the molecule is CSc1ccc(NC(=O)c2ccc(OC(F)(F)F)cc2)cc1. The van der Waals surface area contributed by atoms with E-state index in [0.29, 0.717) is 5.69 Å². The van der Waals surface area contributed by atoms with Crippen LogP contribution in [0.25, 0.3) is 0 Å². The highest BCUT2D eigenvalue weighted by molar-refractivity contribution is 7.98. The second-order valence-corrected chi connectivity index (χ2v) is 5.13. The Labute approximate surface area is 129 Å². The van der Waals surface area contributed by atoms with Crippen LogP contribution in [0.5, 0.6) is 5.75 Å². The topological polar surface area (TPSA) is 38.3 Å². The molecule has 0 bridgehead atoms. The zero-order valence-corrected chi connectivity index (χ0v) is 12.3. The lowest BCUT2D eigenvalue weighted by molar-refractivity contribution is -0.274. The molecular formula is C15H12F3NO2S. The fourth-order valence-corrected chi connectivity index (χ4v) is 2.09. The number of ether oxygens (including phenoxy) is 1. The molecule has 0 heterocycles. The third-order valence-corrected chi connectivity index (χ3v) is 3.44. The molecule has 0 aliphatic heterocycles. The van der Waals surface area contributed by atoms with Gasteiger partial charge in [0.1, 0.15) is 5.75 Å². The minimum atomic E-state index is -4.75. The molecule has 3 nitrogen and oxygen atoms in total. The number of benzene rings is 2. The number of anilines is 1. The smallest absolute Gasteiger partial charge is 0.406 e. The molecule has 22 heavy (non-hydrogen) atoms. The quantitative estimate of drug-likeness (QED) is 0.837. The molecule has 0 atom stereocenters. The van der Waals surface area contributed by atoms with Crippen LogP contribution in [0.3, 0.4) is 0 Å². The van der Waals surface area contributed by atoms with Crippen LogP contribution in [0, 0.1) is 0 Å². The van der Waals surface area contributed by atoms with E-state index in [9.17, 15) is 18.0 Å². The summed E-state index contributed by atoms with van der Waals surface area (Å²) < 4.78 is 39.9. The Bertz CT molecular complexity index is 639. The van der Waals surface area contributed by atoms with Gasteiger partial charge in [-0.15, -0.1) is 24.9 Å². The largest absolute Gasteiger partial charge is 0.573 e. The molecule has 1 amide bonds. The molecule has 0 radical (unpaired) electrons. The monoisotopic (exact) mass is 327 g/mol. The lowest BCUT2D eigenvalue weighted by atomic mass is 10.2. The summed E-state index contributed by atoms with van der Waals surface area (Å²) in [5, 5.41) is 2.67. The highest BCUT2D eigenvalue weighted by Gasteiger charge is 2.31. The summed E-state index contributed by atoms with van der Waals surface area (Å²) in [4.78, 5) is 13.0. The zero-order chi connectivity index (χ0) is 16.2. The number of alkyl halides is 3. The Balaban J connectivity index is 2.03. The Morgan fingerprint density at radius 2 is 1.64 bits per heavy atom. The summed E-state index contributed by atoms with van der Waals surface area (Å²) in [6.45, 7) is 0. The van der Waals surface area contributed by atoms with Gasteiger partial charge in [-0.25, -0.2) is 0 Å². The Morgan fingerprint density at radius 3 is 2.14 bits per heavy atom. The molecule has 0 unspecified atom stereocenters. The molecule has 1 N–H and O–H groups in total. The van der Waals surface area contributed by atoms with Crippen molar-refractivity contribution in [2.75, 3.05) is 11.6 Å². The maximum absolute atomic E-state index is 12.0. The van der Waals surface area contributed by atoms with Gasteiger partial charge in [-0.1, -0.05) is 0 Å². The van der Waals surface area contributed by atoms with E-state index in [1.165, 1.54) is 12.1 Å². The first-order valence-corrected chi connectivity index (χ1v) is 7.41. The molecule has 0 aromatic heterocycles. The summed E-state index contributed by atoms with van der Waals surface area (Å²) >= 11 is 1.58. The molecule has 0 aliphatic rings. The second kappa shape index (κ2) is 6.74. The van der Waals surface area contributed by atoms with Crippen LogP contribution in [-0.4, -0.2) is 18.5 Å². The van der Waals surface area contributed by atoms with Crippen LogP contribution >= 0.6 is 11.8 Å². The number of hydrogen-bond acceptors (Lipinski definition) is 3. The summed E-state index contributed by atoms with van der Waals surface area (Å²) in [7, 11) is 0. The van der Waals surface area contributed by atoms with Gasteiger partial charge in [-0.05, 0) is 54.8 Å². The normalized spacial score (nSPS) is 11.1. The summed E-state index contributed by atoms with van der Waals surface area (Å²) in [5.74, 6) is -0.774. The van der Waals surface area contributed by atoms with E-state index in [2.05, 4.69) is 10.1 Å². The number of hydrogen-bond donors (Lipinski definition) is 1. The first kappa shape index (κ1) is 16.2. The number of halogens is 3. The van der Waals surface area contributed by atoms with Gasteiger partial charge in [0.25, 0.3) is 5.91 Å². The van der Waals surface area contributed by atoms with E-state index in [4.69, 9.17) is 0 Å². The van der Waals surface area contributed by atoms with Crippen molar-refractivity contribution in [3.8, 4) is 5.75 Å². The predicted octanol–water partition coefficient (Wildman–Crippen LogP) is 4.56. The van der Waals surface area contributed by atoms with E-state index < -0.39 is 12.3 Å². The maximum Gasteiger partial charge on any atom is 0.573 e. The van der Waals surface area contributed by atoms with E-state index >= 15 is 0 Å². The van der Waals surface area contributed by atoms with Crippen LogP contribution in [0.4, 0.5) is 18.9 Å². The first-order chi connectivity index (χ1) is 10.4. The molecule has 7 heteroatoms. The Kier molecular flexibility index (Phi) is 4.97. The van der Waals surface area contributed by atoms with Crippen molar-refractivity contribution < 1.29 is 22.7 Å². The van der Waals surface area contributed by atoms with Crippen molar-refractivity contribution >= 4 is 23.4 Å². The lowest BCUT2D eigenvalue weighted by Gasteiger charge is -2.09. The van der Waals surface area contributed by atoms with Gasteiger partial charge in [-0.3, -0.25) is 4.79 Å². The average Bonchev–Trinajstić information content (AvgIpc) is 2.47. The zero-order valence-electron chi connectivity index (χ0n) is 11.5. The lowest BCUT2D eigenvalue weighted by Crippen LogP contribution is -2.17. The van der Waals surface area contributed by atoms with Gasteiger partial charge in [0.2, 0.25) is 0 Å². The molecule has 2 rings (SSSR count). The fraction of sp³-hybridized carbons (Fsp3) is 0.133. The van der Waals surface area contributed by atoms with Crippen LogP contribution in [0.15, 0.2) is 53.4 Å². The number of carbonyl (C=O) groups is 1. The predicted molar refractivity (Wildman–Crippen MR) is 79.3 cm³/mol. The number of rotatable bonds is 4. The molecule has 2 aromatic carbocycles. The standard InChI is InChI=1S/C15H12F3NO2S/c1-22-13-8-4-11(5-9-13)19-14(20)10-2-6-12(7-3-10)21-15(16,17)18/h2-9H,1H3,(H,19,20). The van der Waals surface area contributed by atoms with Crippen LogP contribution < -0.4 is 10.1 Å². The number of carbonyl (C=O) groups excluding carboxylic acids is 1. The first-order valence-electron chi connectivity index (χ1n) is 6.18. The second-order valence-electron chi connectivity index (χ2n) is 4.25. The van der Waals surface area contributed by atoms with Gasteiger partial charge in [-0.2, -0.15) is 0 Å². The average molecular weight is 327 g/mol.